The van der Waals surface area contributed by atoms with Crippen molar-refractivity contribution in [3.05, 3.63) is 119 Å². The molecule has 0 bridgehead atoms. The van der Waals surface area contributed by atoms with Crippen LogP contribution in [0.4, 0.5) is 4.79 Å². The third kappa shape index (κ3) is 7.38. The van der Waals surface area contributed by atoms with Crippen LogP contribution in [-0.2, 0) is 33.6 Å². The van der Waals surface area contributed by atoms with Gasteiger partial charge in [-0.3, -0.25) is 9.59 Å². The maximum atomic E-state index is 14.9. The van der Waals surface area contributed by atoms with Crippen molar-refractivity contribution in [2.75, 3.05) is 0 Å². The predicted octanol–water partition coefficient (Wildman–Crippen LogP) is 5.20. The fraction of sp³-hybridized carbons (Fsp3) is 0.342. The van der Waals surface area contributed by atoms with Crippen molar-refractivity contribution in [1.82, 2.24) is 4.90 Å². The van der Waals surface area contributed by atoms with E-state index in [0.717, 1.165) is 26.8 Å². The maximum Gasteiger partial charge on any atom is 0.417 e. The van der Waals surface area contributed by atoms with Crippen LogP contribution in [-0.4, -0.2) is 62.0 Å². The van der Waals surface area contributed by atoms with Crippen LogP contribution in [0.5, 0.6) is 0 Å². The molecule has 0 spiro atoms. The third-order valence-electron chi connectivity index (χ3n) is 8.76. The molecule has 5 N–H and O–H groups in total. The van der Waals surface area contributed by atoms with Crippen molar-refractivity contribution in [3.63, 3.8) is 0 Å². The molecule has 246 valence electrons. The van der Waals surface area contributed by atoms with Crippen LogP contribution in [0.25, 0.3) is 10.8 Å². The minimum absolute atomic E-state index is 0.158. The highest BCUT2D eigenvalue weighted by molar-refractivity contribution is 6.07. The second kappa shape index (κ2) is 13.7. The highest BCUT2D eigenvalue weighted by Gasteiger charge is 2.55. The number of carbonyl (C=O) groups is 3. The summed E-state index contributed by atoms with van der Waals surface area (Å²) in [5, 5.41) is 35.8. The van der Waals surface area contributed by atoms with Gasteiger partial charge in [0.15, 0.2) is 5.41 Å². The molecule has 5 atom stereocenters. The third-order valence-corrected chi connectivity index (χ3v) is 8.76. The van der Waals surface area contributed by atoms with Crippen molar-refractivity contribution < 1.29 is 34.4 Å². The first-order chi connectivity index (χ1) is 22.3. The summed E-state index contributed by atoms with van der Waals surface area (Å²) in [6.07, 6.45) is -4.30. The first-order valence-corrected chi connectivity index (χ1v) is 15.8. The number of aliphatic carboxylic acids is 1. The average molecular weight is 639 g/mol. The van der Waals surface area contributed by atoms with Gasteiger partial charge in [0.05, 0.1) is 18.2 Å². The van der Waals surface area contributed by atoms with Gasteiger partial charge in [0, 0.05) is 18.9 Å². The van der Waals surface area contributed by atoms with E-state index in [4.69, 9.17) is 10.5 Å². The van der Waals surface area contributed by atoms with E-state index in [1.807, 2.05) is 42.5 Å². The zero-order valence-electron chi connectivity index (χ0n) is 26.9. The molecule has 1 aliphatic carbocycles. The topological polar surface area (TPSA) is 150 Å². The van der Waals surface area contributed by atoms with Gasteiger partial charge in [-0.2, -0.15) is 0 Å². The van der Waals surface area contributed by atoms with Crippen LogP contribution in [0, 0.1) is 5.41 Å². The number of ether oxygens (including phenoxy) is 1. The molecule has 1 aliphatic rings. The first-order valence-electron chi connectivity index (χ1n) is 15.8. The van der Waals surface area contributed by atoms with E-state index in [9.17, 15) is 29.7 Å². The molecule has 4 aromatic carbocycles. The molecule has 47 heavy (non-hydrogen) atoms. The van der Waals surface area contributed by atoms with Gasteiger partial charge in [-0.15, -0.1) is 0 Å². The SMILES string of the molecule is CC(C)(C)OC(=O)N(C(=O)[C@@](Cc1ccccc1)(C[C@H](O)[C@@H](N)Cc1ccc2ccccc2c1)C(=O)O)[C@H]1c2ccccc2C[C@H]1O. The number of nitrogens with zero attached hydrogens (tertiary/aromatic N) is 1. The minimum Gasteiger partial charge on any atom is -0.480 e. The molecular weight excluding hydrogens is 596 g/mol. The van der Waals surface area contributed by atoms with Crippen LogP contribution < -0.4 is 5.73 Å². The number of carbonyl (C=O) groups excluding carboxylic acids is 2. The number of carboxylic acid groups (broad SMARTS) is 1. The summed E-state index contributed by atoms with van der Waals surface area (Å²) in [5.74, 6) is -2.63. The van der Waals surface area contributed by atoms with E-state index in [1.54, 1.807) is 75.4 Å². The number of imide groups is 1. The monoisotopic (exact) mass is 638 g/mol. The Hall–Kier alpha value is -4.57. The Labute approximate surface area is 274 Å². The normalized spacial score (nSPS) is 18.5. The number of benzene rings is 4. The lowest BCUT2D eigenvalue weighted by Gasteiger charge is -2.39. The lowest BCUT2D eigenvalue weighted by atomic mass is 9.74. The Bertz CT molecular complexity index is 1750. The number of carboxylic acids is 1. The smallest absolute Gasteiger partial charge is 0.417 e. The van der Waals surface area contributed by atoms with E-state index < -0.39 is 59.7 Å². The molecule has 0 aliphatic heterocycles. The Kier molecular flexibility index (Phi) is 9.81. The fourth-order valence-corrected chi connectivity index (χ4v) is 6.44. The van der Waals surface area contributed by atoms with Crippen LogP contribution in [0.3, 0.4) is 0 Å². The van der Waals surface area contributed by atoms with E-state index in [2.05, 4.69) is 0 Å². The first kappa shape index (κ1) is 33.8. The van der Waals surface area contributed by atoms with Gasteiger partial charge in [0.1, 0.15) is 5.60 Å². The van der Waals surface area contributed by atoms with Gasteiger partial charge in [-0.05, 0) is 66.6 Å². The highest BCUT2D eigenvalue weighted by atomic mass is 16.6. The van der Waals surface area contributed by atoms with Crippen molar-refractivity contribution in [3.8, 4) is 0 Å². The fourth-order valence-electron chi connectivity index (χ4n) is 6.44. The van der Waals surface area contributed by atoms with Gasteiger partial charge in [-0.1, -0.05) is 97.1 Å². The van der Waals surface area contributed by atoms with E-state index >= 15 is 0 Å². The Morgan fingerprint density at radius 1 is 0.894 bits per heavy atom. The largest absolute Gasteiger partial charge is 0.480 e. The molecule has 9 nitrogen and oxygen atoms in total. The van der Waals surface area contributed by atoms with E-state index in [0.29, 0.717) is 11.1 Å². The van der Waals surface area contributed by atoms with Gasteiger partial charge in [-0.25, -0.2) is 9.69 Å². The van der Waals surface area contributed by atoms with E-state index in [1.165, 1.54) is 0 Å². The maximum absolute atomic E-state index is 14.9. The number of hydrogen-bond acceptors (Lipinski definition) is 7. The second-order valence-corrected chi connectivity index (χ2v) is 13.4. The Balaban J connectivity index is 1.56. The zero-order chi connectivity index (χ0) is 33.9. The standard InChI is InChI=1S/C38H42N2O7/c1-37(2,3)47-36(46)40(33-29-16-10-9-15-28(29)21-31(33)41)34(43)38(35(44)45,22-24-11-5-4-6-12-24)23-32(42)30(39)20-25-17-18-26-13-7-8-14-27(26)19-25/h4-19,30-33,41-42H,20-23,39H2,1-3H3,(H,44,45)/t30-,31+,32-,33-,38+/m0/s1. The molecule has 0 heterocycles. The summed E-state index contributed by atoms with van der Waals surface area (Å²) >= 11 is 0. The quantitative estimate of drug-likeness (QED) is 0.173. The number of nitrogens with two attached hydrogens (primary N) is 1. The number of hydrogen-bond donors (Lipinski definition) is 4. The van der Waals surface area contributed by atoms with Crippen molar-refractivity contribution in [1.29, 1.82) is 0 Å². The summed E-state index contributed by atoms with van der Waals surface area (Å²) in [6.45, 7) is 4.91. The number of fused-ring (bicyclic) bond motifs is 2. The molecule has 0 unspecified atom stereocenters. The molecule has 0 fully saturated rings. The Morgan fingerprint density at radius 3 is 2.21 bits per heavy atom. The summed E-state index contributed by atoms with van der Waals surface area (Å²) in [4.78, 5) is 43.1. The van der Waals surface area contributed by atoms with Crippen LogP contribution in [0.2, 0.25) is 0 Å². The molecular formula is C38H42N2O7. The molecule has 0 saturated carbocycles. The van der Waals surface area contributed by atoms with Crippen LogP contribution >= 0.6 is 0 Å². The summed E-state index contributed by atoms with van der Waals surface area (Å²) in [7, 11) is 0. The molecule has 0 aromatic heterocycles. The number of aliphatic hydroxyl groups excluding tert-OH is 2. The van der Waals surface area contributed by atoms with Crippen molar-refractivity contribution in [2.24, 2.45) is 11.1 Å². The number of amides is 2. The number of rotatable bonds is 10. The average Bonchev–Trinajstić information content (AvgIpc) is 3.35. The second-order valence-electron chi connectivity index (χ2n) is 13.4. The highest BCUT2D eigenvalue weighted by Crippen LogP contribution is 2.42. The zero-order valence-corrected chi connectivity index (χ0v) is 26.9. The summed E-state index contributed by atoms with van der Waals surface area (Å²) in [6, 6.07) is 27.1. The lowest BCUT2D eigenvalue weighted by molar-refractivity contribution is -0.165. The van der Waals surface area contributed by atoms with Crippen molar-refractivity contribution in [2.45, 2.75) is 76.3 Å². The predicted molar refractivity (Wildman–Crippen MR) is 178 cm³/mol. The molecule has 4 aromatic rings. The van der Waals surface area contributed by atoms with Crippen molar-refractivity contribution >= 4 is 28.7 Å². The van der Waals surface area contributed by atoms with Crippen LogP contribution in [0.15, 0.2) is 97.1 Å². The van der Waals surface area contributed by atoms with Gasteiger partial charge in [0.2, 0.25) is 0 Å². The Morgan fingerprint density at radius 2 is 1.53 bits per heavy atom. The van der Waals surface area contributed by atoms with Gasteiger partial charge < -0.3 is 25.8 Å². The van der Waals surface area contributed by atoms with E-state index in [-0.39, 0.29) is 19.3 Å². The molecule has 5 rings (SSSR count). The van der Waals surface area contributed by atoms with Gasteiger partial charge >= 0.3 is 12.1 Å². The molecule has 2 amide bonds. The number of aliphatic hydroxyl groups is 2. The lowest BCUT2D eigenvalue weighted by Crippen LogP contribution is -2.57. The van der Waals surface area contributed by atoms with Crippen LogP contribution in [0.1, 0.15) is 55.5 Å². The minimum atomic E-state index is -2.35. The summed E-state index contributed by atoms with van der Waals surface area (Å²) in [5.41, 5.74) is 5.73. The molecule has 9 heteroatoms. The molecule has 0 saturated heterocycles. The molecule has 0 radical (unpaired) electrons. The van der Waals surface area contributed by atoms with Gasteiger partial charge in [0.25, 0.3) is 5.91 Å². The summed E-state index contributed by atoms with van der Waals surface area (Å²) < 4.78 is 5.66.